The predicted molar refractivity (Wildman–Crippen MR) is 124 cm³/mol. The molecule has 1 aromatic carbocycles. The number of carbonyl (C=O) groups excluding carboxylic acids is 5. The van der Waals surface area contributed by atoms with E-state index >= 15 is 0 Å². The van der Waals surface area contributed by atoms with Crippen molar-refractivity contribution < 1.29 is 37.9 Å². The molecule has 178 valence electrons. The fourth-order valence-corrected chi connectivity index (χ4v) is 5.22. The molecule has 4 unspecified atom stereocenters. The number of imide groups is 1. The van der Waals surface area contributed by atoms with Crippen LogP contribution < -0.4 is 4.74 Å². The number of furan rings is 1. The molecule has 0 bridgehead atoms. The highest BCUT2D eigenvalue weighted by atomic mass is 79.9. The Morgan fingerprint density at radius 1 is 0.971 bits per heavy atom. The average molecular weight is 597 g/mol. The standard InChI is InChI=1S/C23H19Br2NO8/c24-16-8-14-15(9-17(16)25)22(30)26(21(14)29)10-20(28)33-11-18(27)12-3-5-13(6-4-12)34-23(31)19-2-1-7-32-19/h1-7,14-17H,8-11H2. The molecule has 11 heteroatoms. The molecule has 0 spiro atoms. The van der Waals surface area contributed by atoms with Crippen LogP contribution in [0.2, 0.25) is 0 Å². The van der Waals surface area contributed by atoms with E-state index in [1.165, 1.54) is 36.6 Å². The summed E-state index contributed by atoms with van der Waals surface area (Å²) in [5.74, 6) is -3.45. The van der Waals surface area contributed by atoms with Crippen molar-refractivity contribution in [3.8, 4) is 5.75 Å². The first-order valence-corrected chi connectivity index (χ1v) is 12.3. The van der Waals surface area contributed by atoms with Crippen molar-refractivity contribution in [1.29, 1.82) is 0 Å². The van der Waals surface area contributed by atoms with E-state index in [2.05, 4.69) is 31.9 Å². The predicted octanol–water partition coefficient (Wildman–Crippen LogP) is 3.15. The van der Waals surface area contributed by atoms with E-state index in [1.807, 2.05) is 0 Å². The number of carbonyl (C=O) groups is 5. The first-order chi connectivity index (χ1) is 16.2. The zero-order valence-electron chi connectivity index (χ0n) is 17.6. The van der Waals surface area contributed by atoms with Crippen LogP contribution in [0.15, 0.2) is 47.1 Å². The van der Waals surface area contributed by atoms with Crippen molar-refractivity contribution in [3.63, 3.8) is 0 Å². The lowest BCUT2D eigenvalue weighted by atomic mass is 9.81. The van der Waals surface area contributed by atoms with Crippen LogP contribution >= 0.6 is 31.9 Å². The van der Waals surface area contributed by atoms with Gasteiger partial charge in [0.1, 0.15) is 12.3 Å². The molecule has 2 heterocycles. The van der Waals surface area contributed by atoms with Gasteiger partial charge in [-0.3, -0.25) is 24.1 Å². The molecule has 9 nitrogen and oxygen atoms in total. The van der Waals surface area contributed by atoms with Gasteiger partial charge >= 0.3 is 11.9 Å². The summed E-state index contributed by atoms with van der Waals surface area (Å²) < 4.78 is 15.1. The molecule has 1 aliphatic heterocycles. The monoisotopic (exact) mass is 595 g/mol. The van der Waals surface area contributed by atoms with E-state index in [-0.39, 0.29) is 38.5 Å². The Hall–Kier alpha value is -2.79. The Balaban J connectivity index is 1.28. The number of nitrogens with zero attached hydrogens (tertiary/aromatic N) is 1. The van der Waals surface area contributed by atoms with Crippen molar-refractivity contribution in [1.82, 2.24) is 4.90 Å². The number of alkyl halides is 2. The molecule has 4 rings (SSSR count). The van der Waals surface area contributed by atoms with E-state index in [0.717, 1.165) is 4.90 Å². The number of halogens is 2. The van der Waals surface area contributed by atoms with Gasteiger partial charge < -0.3 is 13.9 Å². The molecule has 34 heavy (non-hydrogen) atoms. The van der Waals surface area contributed by atoms with Crippen LogP contribution in [0.1, 0.15) is 33.8 Å². The number of fused-ring (bicyclic) bond motifs is 1. The van der Waals surface area contributed by atoms with Crippen molar-refractivity contribution in [2.75, 3.05) is 13.2 Å². The number of likely N-dealkylation sites (tertiary alicyclic amines) is 1. The number of hydrogen-bond acceptors (Lipinski definition) is 8. The maximum Gasteiger partial charge on any atom is 0.379 e. The summed E-state index contributed by atoms with van der Waals surface area (Å²) in [5.41, 5.74) is 0.233. The molecule has 0 radical (unpaired) electrons. The first-order valence-electron chi connectivity index (χ1n) is 10.4. The zero-order chi connectivity index (χ0) is 24.4. The van der Waals surface area contributed by atoms with Gasteiger partial charge in [-0.2, -0.15) is 0 Å². The molecular weight excluding hydrogens is 578 g/mol. The molecule has 1 aromatic heterocycles. The minimum Gasteiger partial charge on any atom is -0.457 e. The van der Waals surface area contributed by atoms with Crippen molar-refractivity contribution >= 4 is 61.4 Å². The normalized spacial score (nSPS) is 24.0. The fraction of sp³-hybridized carbons (Fsp3) is 0.348. The molecule has 2 amide bonds. The van der Waals surface area contributed by atoms with Crippen LogP contribution in [0.3, 0.4) is 0 Å². The molecule has 2 aliphatic rings. The highest BCUT2D eigenvalue weighted by Crippen LogP contribution is 2.43. The Kier molecular flexibility index (Phi) is 7.32. The van der Waals surface area contributed by atoms with Crippen LogP contribution in [0, 0.1) is 11.8 Å². The van der Waals surface area contributed by atoms with Crippen LogP contribution in [-0.4, -0.2) is 57.2 Å². The minimum atomic E-state index is -0.844. The lowest BCUT2D eigenvalue weighted by Gasteiger charge is -2.29. The third kappa shape index (κ3) is 5.15. The average Bonchev–Trinajstić information content (AvgIpc) is 3.43. The van der Waals surface area contributed by atoms with E-state index in [1.54, 1.807) is 6.07 Å². The quantitative estimate of drug-likeness (QED) is 0.157. The molecule has 1 aliphatic carbocycles. The summed E-state index contributed by atoms with van der Waals surface area (Å²) in [6, 6.07) is 8.71. The van der Waals surface area contributed by atoms with Crippen LogP contribution in [0.25, 0.3) is 0 Å². The zero-order valence-corrected chi connectivity index (χ0v) is 20.8. The number of ketones is 1. The summed E-state index contributed by atoms with van der Waals surface area (Å²) >= 11 is 7.02. The number of ether oxygens (including phenoxy) is 2. The maximum atomic E-state index is 12.6. The summed E-state index contributed by atoms with van der Waals surface area (Å²) in [6.07, 6.45) is 2.35. The largest absolute Gasteiger partial charge is 0.457 e. The number of esters is 2. The van der Waals surface area contributed by atoms with Gasteiger partial charge in [-0.25, -0.2) is 4.79 Å². The SMILES string of the molecule is O=C(CN1C(=O)C2CC(Br)C(Br)CC2C1=O)OCC(=O)c1ccc(OC(=O)c2ccco2)cc1. The summed E-state index contributed by atoms with van der Waals surface area (Å²) in [5, 5.41) is 0. The number of Topliss-reactive ketones (excluding diaryl/α,β-unsaturated/α-hetero) is 1. The fourth-order valence-electron chi connectivity index (χ4n) is 3.98. The Morgan fingerprint density at radius 3 is 2.15 bits per heavy atom. The molecule has 2 fully saturated rings. The van der Waals surface area contributed by atoms with Crippen LogP contribution in [-0.2, 0) is 19.1 Å². The second-order valence-electron chi connectivity index (χ2n) is 7.95. The minimum absolute atomic E-state index is 0.0420. The molecule has 0 N–H and O–H groups in total. The van der Waals surface area contributed by atoms with Gasteiger partial charge in [0.15, 0.2) is 12.4 Å². The maximum absolute atomic E-state index is 12.6. The number of hydrogen-bond donors (Lipinski definition) is 0. The molecule has 2 aromatic rings. The lowest BCUT2D eigenvalue weighted by Crippen LogP contribution is -2.37. The topological polar surface area (TPSA) is 120 Å². The highest BCUT2D eigenvalue weighted by Gasteiger charge is 2.52. The van der Waals surface area contributed by atoms with E-state index in [9.17, 15) is 24.0 Å². The second-order valence-corrected chi connectivity index (χ2v) is 10.3. The first kappa shape index (κ1) is 24.3. The van der Waals surface area contributed by atoms with Crippen LogP contribution in [0.4, 0.5) is 0 Å². The van der Waals surface area contributed by atoms with E-state index < -0.39 is 42.7 Å². The summed E-state index contributed by atoms with van der Waals surface area (Å²) in [6.45, 7) is -1.08. The number of rotatable bonds is 7. The van der Waals surface area contributed by atoms with Gasteiger partial charge in [-0.15, -0.1) is 0 Å². The van der Waals surface area contributed by atoms with Gasteiger partial charge in [-0.1, -0.05) is 31.9 Å². The Morgan fingerprint density at radius 2 is 1.59 bits per heavy atom. The third-order valence-electron chi connectivity index (χ3n) is 5.76. The van der Waals surface area contributed by atoms with Crippen molar-refractivity contribution in [3.05, 3.63) is 54.0 Å². The van der Waals surface area contributed by atoms with Crippen molar-refractivity contribution in [2.24, 2.45) is 11.8 Å². The number of benzene rings is 1. The van der Waals surface area contributed by atoms with Crippen LogP contribution in [0.5, 0.6) is 5.75 Å². The second kappa shape index (κ2) is 10.2. The highest BCUT2D eigenvalue weighted by molar-refractivity contribution is 9.12. The molecule has 4 atom stereocenters. The van der Waals surface area contributed by atoms with Gasteiger partial charge in [0.25, 0.3) is 0 Å². The van der Waals surface area contributed by atoms with Gasteiger partial charge in [-0.05, 0) is 49.2 Å². The molecule has 1 saturated carbocycles. The Bertz CT molecular complexity index is 1090. The Labute approximate surface area is 211 Å². The molecule has 1 saturated heterocycles. The number of amides is 2. The van der Waals surface area contributed by atoms with Gasteiger partial charge in [0.05, 0.1) is 18.1 Å². The van der Waals surface area contributed by atoms with E-state index in [0.29, 0.717) is 12.8 Å². The summed E-state index contributed by atoms with van der Waals surface area (Å²) in [4.78, 5) is 62.8. The summed E-state index contributed by atoms with van der Waals surface area (Å²) in [7, 11) is 0. The van der Waals surface area contributed by atoms with Gasteiger partial charge in [0.2, 0.25) is 17.6 Å². The van der Waals surface area contributed by atoms with Gasteiger partial charge in [0, 0.05) is 15.2 Å². The molecular formula is C23H19Br2NO8. The van der Waals surface area contributed by atoms with Crippen molar-refractivity contribution in [2.45, 2.75) is 22.5 Å². The smallest absolute Gasteiger partial charge is 0.379 e. The third-order valence-corrected chi connectivity index (χ3v) is 8.50. The lowest BCUT2D eigenvalue weighted by molar-refractivity contribution is -0.152. The van der Waals surface area contributed by atoms with E-state index in [4.69, 9.17) is 13.9 Å².